The van der Waals surface area contributed by atoms with Crippen LogP contribution in [0.3, 0.4) is 0 Å². The maximum atomic E-state index is 12.8. The van der Waals surface area contributed by atoms with Gasteiger partial charge in [0.15, 0.2) is 5.96 Å². The zero-order valence-electron chi connectivity index (χ0n) is 18.0. The first kappa shape index (κ1) is 23.6. The summed E-state index contributed by atoms with van der Waals surface area (Å²) in [6, 6.07) is 12.2. The lowest BCUT2D eigenvalue weighted by Gasteiger charge is -2.26. The number of carbonyl (C=O) groups excluding carboxylic acids is 1. The van der Waals surface area contributed by atoms with Crippen molar-refractivity contribution in [1.29, 1.82) is 0 Å². The summed E-state index contributed by atoms with van der Waals surface area (Å²) in [4.78, 5) is 21.6. The number of para-hydroxylation sites is 1. The Balaban J connectivity index is 0.00000272. The van der Waals surface area contributed by atoms with Crippen molar-refractivity contribution in [1.82, 2.24) is 15.5 Å². The Morgan fingerprint density at radius 3 is 2.68 bits per heavy atom. The highest BCUT2D eigenvalue weighted by Crippen LogP contribution is 2.27. The number of rotatable bonds is 7. The zero-order valence-corrected chi connectivity index (χ0v) is 20.4. The van der Waals surface area contributed by atoms with E-state index in [-0.39, 0.29) is 42.5 Å². The quantitative estimate of drug-likeness (QED) is 0.323. The Morgan fingerprint density at radius 2 is 1.94 bits per heavy atom. The molecule has 2 N–H and O–H groups in total. The Bertz CT molecular complexity index is 865. The molecule has 1 aromatic heterocycles. The lowest BCUT2D eigenvalue weighted by atomic mass is 10.2. The van der Waals surface area contributed by atoms with Crippen LogP contribution < -0.4 is 15.5 Å². The Hall–Kier alpha value is -2.07. The standard InChI is InChI=1S/C23H31N5O2.HI/c1-2-24-23(25-16-20(21-10-7-15-30-21)27-12-5-6-13-27)26-17-22(29)28-14-11-18-8-3-4-9-19(18)28;/h3-4,7-10,15,20H,2,5-6,11-14,16-17H2,1H3,(H2,24,25,26);1H. The highest BCUT2D eigenvalue weighted by atomic mass is 127. The number of nitrogens with zero attached hydrogens (tertiary/aromatic N) is 3. The number of hydrogen-bond acceptors (Lipinski definition) is 4. The average molecular weight is 537 g/mol. The Morgan fingerprint density at radius 1 is 1.13 bits per heavy atom. The molecule has 2 aliphatic rings. The molecule has 1 atom stereocenters. The molecular formula is C23H32IN5O2. The number of fused-ring (bicyclic) bond motifs is 1. The lowest BCUT2D eigenvalue weighted by molar-refractivity contribution is -0.117. The first-order chi connectivity index (χ1) is 14.8. The highest BCUT2D eigenvalue weighted by molar-refractivity contribution is 14.0. The monoisotopic (exact) mass is 537 g/mol. The van der Waals surface area contributed by atoms with E-state index in [0.717, 1.165) is 44.0 Å². The van der Waals surface area contributed by atoms with Crippen molar-refractivity contribution in [2.45, 2.75) is 32.2 Å². The van der Waals surface area contributed by atoms with E-state index >= 15 is 0 Å². The molecule has 0 radical (unpaired) electrons. The van der Waals surface area contributed by atoms with Crippen LogP contribution in [0.4, 0.5) is 5.69 Å². The molecule has 2 aliphatic heterocycles. The van der Waals surface area contributed by atoms with Gasteiger partial charge in [-0.15, -0.1) is 24.0 Å². The molecule has 31 heavy (non-hydrogen) atoms. The van der Waals surface area contributed by atoms with Gasteiger partial charge >= 0.3 is 0 Å². The van der Waals surface area contributed by atoms with Crippen LogP contribution in [0.2, 0.25) is 0 Å². The predicted octanol–water partition coefficient (Wildman–Crippen LogP) is 3.18. The SMILES string of the molecule is CCNC(=NCC(=O)N1CCc2ccccc21)NCC(c1ccco1)N1CCCC1.I. The minimum Gasteiger partial charge on any atom is -0.468 e. The van der Waals surface area contributed by atoms with Crippen LogP contribution in [0.25, 0.3) is 0 Å². The second-order valence-corrected chi connectivity index (χ2v) is 7.77. The van der Waals surface area contributed by atoms with Gasteiger partial charge in [0.05, 0.1) is 12.3 Å². The number of aliphatic imine (C=N–C) groups is 1. The average Bonchev–Trinajstić information content (AvgIpc) is 3.54. The second-order valence-electron chi connectivity index (χ2n) is 7.77. The van der Waals surface area contributed by atoms with Crippen LogP contribution >= 0.6 is 24.0 Å². The summed E-state index contributed by atoms with van der Waals surface area (Å²) < 4.78 is 5.70. The molecule has 1 fully saturated rings. The third-order valence-corrected chi connectivity index (χ3v) is 5.82. The lowest BCUT2D eigenvalue weighted by Crippen LogP contribution is -2.43. The topological polar surface area (TPSA) is 73.1 Å². The van der Waals surface area contributed by atoms with Gasteiger partial charge in [0, 0.05) is 25.3 Å². The van der Waals surface area contributed by atoms with Crippen molar-refractivity contribution in [2.75, 3.05) is 44.2 Å². The Kier molecular flexibility index (Phi) is 8.77. The Labute approximate surface area is 201 Å². The number of likely N-dealkylation sites (tertiary alicyclic amines) is 1. The molecule has 0 aliphatic carbocycles. The molecule has 0 saturated carbocycles. The number of benzene rings is 1. The van der Waals surface area contributed by atoms with E-state index in [4.69, 9.17) is 4.42 Å². The van der Waals surface area contributed by atoms with Crippen LogP contribution in [0.1, 0.15) is 37.1 Å². The van der Waals surface area contributed by atoms with E-state index in [1.807, 2.05) is 42.2 Å². The van der Waals surface area contributed by atoms with Crippen LogP contribution in [0, 0.1) is 0 Å². The number of nitrogens with one attached hydrogen (secondary N) is 2. The van der Waals surface area contributed by atoms with Gasteiger partial charge in [-0.25, -0.2) is 4.99 Å². The van der Waals surface area contributed by atoms with Gasteiger partial charge in [0.1, 0.15) is 12.3 Å². The number of amides is 1. The number of anilines is 1. The van der Waals surface area contributed by atoms with E-state index in [9.17, 15) is 4.79 Å². The summed E-state index contributed by atoms with van der Waals surface area (Å²) in [5.41, 5.74) is 2.24. The molecular weight excluding hydrogens is 505 g/mol. The van der Waals surface area contributed by atoms with E-state index in [2.05, 4.69) is 26.6 Å². The molecule has 0 bridgehead atoms. The molecule has 1 aromatic carbocycles. The molecule has 4 rings (SSSR count). The molecule has 0 spiro atoms. The van der Waals surface area contributed by atoms with E-state index < -0.39 is 0 Å². The number of hydrogen-bond donors (Lipinski definition) is 2. The van der Waals surface area contributed by atoms with Gasteiger partial charge in [-0.2, -0.15) is 0 Å². The van der Waals surface area contributed by atoms with E-state index in [0.29, 0.717) is 12.5 Å². The third-order valence-electron chi connectivity index (χ3n) is 5.82. The summed E-state index contributed by atoms with van der Waals surface area (Å²) in [5.74, 6) is 1.65. The first-order valence-electron chi connectivity index (χ1n) is 10.9. The summed E-state index contributed by atoms with van der Waals surface area (Å²) in [7, 11) is 0. The van der Waals surface area contributed by atoms with Crippen LogP contribution in [-0.2, 0) is 11.2 Å². The molecule has 8 heteroatoms. The van der Waals surface area contributed by atoms with Gasteiger partial charge in [0.25, 0.3) is 0 Å². The fourth-order valence-corrected chi connectivity index (χ4v) is 4.31. The fourth-order valence-electron chi connectivity index (χ4n) is 4.31. The van der Waals surface area contributed by atoms with Gasteiger partial charge in [-0.3, -0.25) is 9.69 Å². The van der Waals surface area contributed by atoms with Crippen molar-refractivity contribution in [3.05, 3.63) is 54.0 Å². The van der Waals surface area contributed by atoms with E-state index in [1.54, 1.807) is 6.26 Å². The molecule has 168 valence electrons. The molecule has 7 nitrogen and oxygen atoms in total. The maximum absolute atomic E-state index is 12.8. The molecule has 3 heterocycles. The van der Waals surface area contributed by atoms with Gasteiger partial charge < -0.3 is 20.0 Å². The summed E-state index contributed by atoms with van der Waals surface area (Å²) >= 11 is 0. The maximum Gasteiger partial charge on any atom is 0.248 e. The third kappa shape index (κ3) is 5.79. The zero-order chi connectivity index (χ0) is 20.8. The molecule has 2 aromatic rings. The fraction of sp³-hybridized carbons (Fsp3) is 0.478. The minimum absolute atomic E-state index is 0. The minimum atomic E-state index is 0. The molecule has 1 amide bonds. The number of halogens is 1. The van der Waals surface area contributed by atoms with Gasteiger partial charge in [0.2, 0.25) is 5.91 Å². The second kappa shape index (κ2) is 11.5. The number of carbonyl (C=O) groups is 1. The van der Waals surface area contributed by atoms with Crippen molar-refractivity contribution < 1.29 is 9.21 Å². The molecule has 1 unspecified atom stereocenters. The smallest absolute Gasteiger partial charge is 0.248 e. The van der Waals surface area contributed by atoms with Gasteiger partial charge in [-0.1, -0.05) is 18.2 Å². The van der Waals surface area contributed by atoms with Crippen molar-refractivity contribution >= 4 is 41.5 Å². The summed E-state index contributed by atoms with van der Waals surface area (Å²) in [5, 5.41) is 6.68. The number of furan rings is 1. The largest absolute Gasteiger partial charge is 0.468 e. The van der Waals surface area contributed by atoms with Crippen molar-refractivity contribution in [3.63, 3.8) is 0 Å². The van der Waals surface area contributed by atoms with Crippen molar-refractivity contribution in [2.24, 2.45) is 4.99 Å². The number of guanidine groups is 1. The van der Waals surface area contributed by atoms with Crippen LogP contribution in [-0.4, -0.2) is 56.0 Å². The summed E-state index contributed by atoms with van der Waals surface area (Å²) in [6.45, 7) is 6.45. The van der Waals surface area contributed by atoms with E-state index in [1.165, 1.54) is 18.4 Å². The van der Waals surface area contributed by atoms with Gasteiger partial charge in [-0.05, 0) is 63.0 Å². The predicted molar refractivity (Wildman–Crippen MR) is 134 cm³/mol. The normalized spacial score (nSPS) is 17.2. The summed E-state index contributed by atoms with van der Waals surface area (Å²) in [6.07, 6.45) is 5.07. The van der Waals surface area contributed by atoms with Crippen LogP contribution in [0.5, 0.6) is 0 Å². The van der Waals surface area contributed by atoms with Crippen LogP contribution in [0.15, 0.2) is 52.1 Å². The van der Waals surface area contributed by atoms with Crippen molar-refractivity contribution in [3.8, 4) is 0 Å². The highest BCUT2D eigenvalue weighted by Gasteiger charge is 2.26. The first-order valence-corrected chi connectivity index (χ1v) is 10.9. The molecule has 1 saturated heterocycles.